The fourth-order valence-electron chi connectivity index (χ4n) is 13.9. The molecule has 354 valence electrons. The Morgan fingerprint density at radius 2 is 0.711 bits per heavy atom. The Labute approximate surface area is 442 Å². The number of rotatable bonds is 7. The highest BCUT2D eigenvalue weighted by Gasteiger charge is 2.53. The smallest absolute Gasteiger partial charge is 0.135 e. The minimum absolute atomic E-state index is 0.495. The summed E-state index contributed by atoms with van der Waals surface area (Å²) in [6.07, 6.45) is 0. The van der Waals surface area contributed by atoms with Crippen LogP contribution >= 0.6 is 0 Å². The molecule has 3 aliphatic carbocycles. The third-order valence-corrected chi connectivity index (χ3v) is 17.0. The molecule has 0 fully saturated rings. The summed E-state index contributed by atoms with van der Waals surface area (Å²) in [6, 6.07) is 106. The Hall–Kier alpha value is -9.76. The van der Waals surface area contributed by atoms with Crippen molar-refractivity contribution in [3.05, 3.63) is 330 Å². The Morgan fingerprint density at radius 3 is 1.36 bits per heavy atom. The molecule has 0 saturated heterocycles. The van der Waals surface area contributed by atoms with E-state index in [1.807, 2.05) is 0 Å². The van der Waals surface area contributed by atoms with E-state index in [-0.39, 0.29) is 0 Å². The topological polar surface area (TPSA) is 16.4 Å². The molecule has 2 nitrogen and oxygen atoms in total. The number of anilines is 3. The van der Waals surface area contributed by atoms with Crippen molar-refractivity contribution in [1.29, 1.82) is 0 Å². The summed E-state index contributed by atoms with van der Waals surface area (Å²) in [6.45, 7) is 0. The second-order valence-electron chi connectivity index (χ2n) is 20.6. The second-order valence-corrected chi connectivity index (χ2v) is 20.6. The van der Waals surface area contributed by atoms with Crippen molar-refractivity contribution < 1.29 is 4.42 Å². The molecule has 16 rings (SSSR count). The van der Waals surface area contributed by atoms with Gasteiger partial charge < -0.3 is 9.32 Å². The van der Waals surface area contributed by atoms with Crippen LogP contribution < -0.4 is 4.90 Å². The molecule has 0 saturated carbocycles. The zero-order valence-corrected chi connectivity index (χ0v) is 41.5. The first-order chi connectivity index (χ1) is 37.7. The average Bonchev–Trinajstić information content (AvgIpc) is 4.41. The van der Waals surface area contributed by atoms with Gasteiger partial charge in [0.1, 0.15) is 11.2 Å². The van der Waals surface area contributed by atoms with E-state index in [0.29, 0.717) is 0 Å². The van der Waals surface area contributed by atoms with Crippen LogP contribution in [0.5, 0.6) is 0 Å². The summed E-state index contributed by atoms with van der Waals surface area (Å²) in [7, 11) is 0. The maximum Gasteiger partial charge on any atom is 0.135 e. The molecule has 1 aromatic heterocycles. The van der Waals surface area contributed by atoms with E-state index in [9.17, 15) is 0 Å². The zero-order valence-electron chi connectivity index (χ0n) is 41.5. The molecule has 0 bridgehead atoms. The van der Waals surface area contributed by atoms with Crippen LogP contribution in [0.1, 0.15) is 44.5 Å². The van der Waals surface area contributed by atoms with E-state index in [4.69, 9.17) is 4.42 Å². The molecule has 76 heavy (non-hydrogen) atoms. The van der Waals surface area contributed by atoms with Gasteiger partial charge in [-0.15, -0.1) is 0 Å². The van der Waals surface area contributed by atoms with Crippen LogP contribution in [0.15, 0.2) is 290 Å². The van der Waals surface area contributed by atoms with E-state index in [0.717, 1.165) is 39.0 Å². The summed E-state index contributed by atoms with van der Waals surface area (Å²) >= 11 is 0. The number of furan rings is 1. The molecular formula is C74H47NO. The van der Waals surface area contributed by atoms with Crippen LogP contribution in [-0.2, 0) is 10.8 Å². The fourth-order valence-corrected chi connectivity index (χ4v) is 13.9. The highest BCUT2D eigenvalue weighted by Crippen LogP contribution is 2.65. The normalized spacial score (nSPS) is 13.7. The van der Waals surface area contributed by atoms with Gasteiger partial charge in [-0.2, -0.15) is 0 Å². The van der Waals surface area contributed by atoms with Gasteiger partial charge in [-0.1, -0.05) is 231 Å². The van der Waals surface area contributed by atoms with Gasteiger partial charge in [0.15, 0.2) is 0 Å². The van der Waals surface area contributed by atoms with Gasteiger partial charge in [0.25, 0.3) is 0 Å². The van der Waals surface area contributed by atoms with Crippen LogP contribution in [0.3, 0.4) is 0 Å². The van der Waals surface area contributed by atoms with Crippen LogP contribution in [-0.4, -0.2) is 0 Å². The third kappa shape index (κ3) is 5.87. The summed E-state index contributed by atoms with van der Waals surface area (Å²) in [5.41, 5.74) is 26.4. The molecule has 1 spiro atoms. The molecule has 0 amide bonds. The monoisotopic (exact) mass is 965 g/mol. The predicted molar refractivity (Wildman–Crippen MR) is 313 cm³/mol. The molecule has 0 N–H and O–H groups in total. The summed E-state index contributed by atoms with van der Waals surface area (Å²) < 4.78 is 6.51. The Bertz CT molecular complexity index is 4360. The third-order valence-electron chi connectivity index (χ3n) is 17.0. The van der Waals surface area contributed by atoms with Crippen molar-refractivity contribution in [2.24, 2.45) is 0 Å². The lowest BCUT2D eigenvalue weighted by atomic mass is 9.67. The minimum Gasteiger partial charge on any atom is -0.456 e. The summed E-state index contributed by atoms with van der Waals surface area (Å²) in [4.78, 5) is 2.53. The molecule has 0 unspecified atom stereocenters. The molecule has 0 atom stereocenters. The van der Waals surface area contributed by atoms with Gasteiger partial charge in [0.05, 0.1) is 16.5 Å². The van der Waals surface area contributed by atoms with E-state index in [1.165, 1.54) is 100 Å². The molecule has 3 aliphatic rings. The molecule has 0 radical (unpaired) electrons. The Morgan fingerprint density at radius 1 is 0.263 bits per heavy atom. The fraction of sp³-hybridized carbons (Fsp3) is 0.0270. The number of benzene rings is 12. The van der Waals surface area contributed by atoms with Gasteiger partial charge in [-0.05, 0) is 149 Å². The van der Waals surface area contributed by atoms with Gasteiger partial charge in [0, 0.05) is 27.7 Å². The van der Waals surface area contributed by atoms with E-state index >= 15 is 0 Å². The maximum atomic E-state index is 6.51. The SMILES string of the molecule is c1ccc(-c2cccc(C3(c4cccc(-c5ccccc5)c4)c4ccccc4-c4cc(N(c5ccc6oc7ccccc7c6c5)c5cccc6c5-c5ccccc5C65c6ccccc6-c6ccccc65)ccc43)c2)cc1. The number of hydrogen-bond donors (Lipinski definition) is 0. The van der Waals surface area contributed by atoms with Crippen molar-refractivity contribution >= 4 is 39.0 Å². The van der Waals surface area contributed by atoms with Crippen LogP contribution in [0, 0.1) is 0 Å². The Balaban J connectivity index is 0.977. The van der Waals surface area contributed by atoms with Crippen LogP contribution in [0.4, 0.5) is 17.1 Å². The highest BCUT2D eigenvalue weighted by atomic mass is 16.3. The first kappa shape index (κ1) is 42.7. The largest absolute Gasteiger partial charge is 0.456 e. The highest BCUT2D eigenvalue weighted by molar-refractivity contribution is 6.08. The van der Waals surface area contributed by atoms with Crippen molar-refractivity contribution in [3.63, 3.8) is 0 Å². The zero-order chi connectivity index (χ0) is 50.0. The molecule has 2 heteroatoms. The standard InChI is InChI=1S/C74H47NO/c1-3-20-48(21-4-1)50-24-17-26-52(44-50)73(53-27-18-25-51(45-53)49-22-5-2-6-23-49)63-33-12-9-30-58(63)61-46-54(40-42-67(61)73)75(55-41-43-71-62(47-55)59-31-11-16-39-70(59)76-71)69-38-19-37-68-72(69)60-32-10-15-36-66(60)74(68)64-34-13-7-28-56(64)57-29-8-14-35-65(57)74/h1-47H. The molecule has 1 heterocycles. The minimum atomic E-state index is -0.651. The van der Waals surface area contributed by atoms with Gasteiger partial charge in [-0.3, -0.25) is 0 Å². The van der Waals surface area contributed by atoms with Crippen LogP contribution in [0.2, 0.25) is 0 Å². The molecule has 0 aliphatic heterocycles. The maximum absolute atomic E-state index is 6.51. The van der Waals surface area contributed by atoms with E-state index in [1.54, 1.807) is 0 Å². The van der Waals surface area contributed by atoms with Gasteiger partial charge >= 0.3 is 0 Å². The molecule has 13 aromatic rings. The number of hydrogen-bond acceptors (Lipinski definition) is 2. The van der Waals surface area contributed by atoms with Crippen LogP contribution in [0.25, 0.3) is 77.6 Å². The molecular weight excluding hydrogens is 919 g/mol. The van der Waals surface area contributed by atoms with Gasteiger partial charge in [0.2, 0.25) is 0 Å². The average molecular weight is 966 g/mol. The molecule has 12 aromatic carbocycles. The van der Waals surface area contributed by atoms with Crippen molar-refractivity contribution in [3.8, 4) is 55.6 Å². The quantitative estimate of drug-likeness (QED) is 0.158. The lowest BCUT2D eigenvalue weighted by Crippen LogP contribution is -2.28. The van der Waals surface area contributed by atoms with Gasteiger partial charge in [-0.25, -0.2) is 0 Å². The Kier molecular flexibility index (Phi) is 9.20. The number of para-hydroxylation sites is 1. The van der Waals surface area contributed by atoms with Crippen molar-refractivity contribution in [2.75, 3.05) is 4.90 Å². The summed E-state index contributed by atoms with van der Waals surface area (Å²) in [5.74, 6) is 0. The van der Waals surface area contributed by atoms with E-state index < -0.39 is 10.8 Å². The second kappa shape index (κ2) is 16.4. The number of nitrogens with zero attached hydrogens (tertiary/aromatic N) is 1. The first-order valence-corrected chi connectivity index (χ1v) is 26.4. The van der Waals surface area contributed by atoms with Crippen molar-refractivity contribution in [2.45, 2.75) is 10.8 Å². The van der Waals surface area contributed by atoms with E-state index in [2.05, 4.69) is 290 Å². The first-order valence-electron chi connectivity index (χ1n) is 26.4. The van der Waals surface area contributed by atoms with Crippen molar-refractivity contribution in [1.82, 2.24) is 0 Å². The lowest BCUT2D eigenvalue weighted by Gasteiger charge is -2.35. The summed E-state index contributed by atoms with van der Waals surface area (Å²) in [5, 5.41) is 2.19. The predicted octanol–water partition coefficient (Wildman–Crippen LogP) is 19.1. The lowest BCUT2D eigenvalue weighted by molar-refractivity contribution is 0.669. The number of fused-ring (bicyclic) bond motifs is 16.